The first-order chi connectivity index (χ1) is 9.74. The van der Waals surface area contributed by atoms with Gasteiger partial charge in [-0.15, -0.1) is 0 Å². The first-order valence-corrected chi connectivity index (χ1v) is 7.90. The Morgan fingerprint density at radius 3 is 2.60 bits per heavy atom. The van der Waals surface area contributed by atoms with Gasteiger partial charge in [0.15, 0.2) is 5.82 Å². The molecular weight excluding hydrogens is 250 g/mol. The van der Waals surface area contributed by atoms with E-state index in [2.05, 4.69) is 19.2 Å². The van der Waals surface area contributed by atoms with Crippen LogP contribution in [0.1, 0.15) is 68.2 Å². The monoisotopic (exact) mass is 275 g/mol. The molecule has 1 fully saturated rings. The third-order valence-electron chi connectivity index (χ3n) is 4.87. The first-order valence-electron chi connectivity index (χ1n) is 7.90. The molecule has 1 aliphatic carbocycles. The van der Waals surface area contributed by atoms with Crippen LogP contribution in [0, 0.1) is 0 Å². The Bertz CT molecular complexity index is 484. The van der Waals surface area contributed by atoms with Crippen molar-refractivity contribution in [1.82, 2.24) is 15.3 Å². The molecule has 1 aromatic heterocycles. The number of rotatable bonds is 5. The molecule has 1 aliphatic heterocycles. The fourth-order valence-corrected chi connectivity index (χ4v) is 3.21. The molecule has 110 valence electrons. The Morgan fingerprint density at radius 2 is 2.00 bits per heavy atom. The molecule has 1 saturated carbocycles. The van der Waals surface area contributed by atoms with E-state index in [1.54, 1.807) is 7.11 Å². The number of nitrogens with zero attached hydrogens (tertiary/aromatic N) is 2. The van der Waals surface area contributed by atoms with Crippen molar-refractivity contribution in [2.75, 3.05) is 13.7 Å². The Morgan fingerprint density at radius 1 is 1.25 bits per heavy atom. The van der Waals surface area contributed by atoms with Crippen molar-refractivity contribution >= 4 is 0 Å². The smallest absolute Gasteiger partial charge is 0.160 e. The second kappa shape index (κ2) is 5.41. The van der Waals surface area contributed by atoms with Crippen LogP contribution in [0.2, 0.25) is 0 Å². The number of hydrogen-bond acceptors (Lipinski definition) is 4. The van der Waals surface area contributed by atoms with E-state index in [0.29, 0.717) is 5.92 Å². The maximum Gasteiger partial charge on any atom is 0.160 e. The third-order valence-corrected chi connectivity index (χ3v) is 4.87. The van der Waals surface area contributed by atoms with Crippen LogP contribution >= 0.6 is 0 Å². The lowest BCUT2D eigenvalue weighted by Gasteiger charge is -2.31. The average Bonchev–Trinajstić information content (AvgIpc) is 3.33. The quantitative estimate of drug-likeness (QED) is 0.897. The first kappa shape index (κ1) is 14.0. The maximum atomic E-state index is 5.83. The number of hydrogen-bond donors (Lipinski definition) is 1. The largest absolute Gasteiger partial charge is 0.370 e. The molecule has 0 aromatic carbocycles. The summed E-state index contributed by atoms with van der Waals surface area (Å²) in [4.78, 5) is 9.85. The van der Waals surface area contributed by atoms with E-state index in [9.17, 15) is 0 Å². The van der Waals surface area contributed by atoms with Gasteiger partial charge >= 0.3 is 0 Å². The van der Waals surface area contributed by atoms with Gasteiger partial charge in [-0.3, -0.25) is 0 Å². The summed E-state index contributed by atoms with van der Waals surface area (Å²) in [5.41, 5.74) is 3.59. The van der Waals surface area contributed by atoms with Crippen molar-refractivity contribution in [2.45, 2.75) is 64.0 Å². The van der Waals surface area contributed by atoms with Gasteiger partial charge in [0.25, 0.3) is 0 Å². The lowest BCUT2D eigenvalue weighted by Crippen LogP contribution is -2.33. The van der Waals surface area contributed by atoms with Gasteiger partial charge < -0.3 is 10.1 Å². The molecule has 0 bridgehead atoms. The summed E-state index contributed by atoms with van der Waals surface area (Å²) in [5, 5.41) is 3.45. The average molecular weight is 275 g/mol. The molecule has 0 unspecified atom stereocenters. The topological polar surface area (TPSA) is 47.0 Å². The molecule has 20 heavy (non-hydrogen) atoms. The molecule has 2 heterocycles. The SMILES string of the molecule is CCC(CC)(OC)c1nc2c(c(C3CC3)n1)CNCC2. The predicted octanol–water partition coefficient (Wildman–Crippen LogP) is 2.66. The zero-order chi connectivity index (χ0) is 14.2. The minimum atomic E-state index is -0.316. The van der Waals surface area contributed by atoms with Crippen molar-refractivity contribution < 1.29 is 4.74 Å². The maximum absolute atomic E-state index is 5.83. The summed E-state index contributed by atoms with van der Waals surface area (Å²) in [5.74, 6) is 1.57. The number of methoxy groups -OCH3 is 1. The molecule has 0 radical (unpaired) electrons. The lowest BCUT2D eigenvalue weighted by molar-refractivity contribution is -0.0295. The van der Waals surface area contributed by atoms with Crippen LogP contribution in [-0.2, 0) is 23.3 Å². The Hall–Kier alpha value is -1.00. The molecule has 0 saturated heterocycles. The van der Waals surface area contributed by atoms with E-state index < -0.39 is 0 Å². The van der Waals surface area contributed by atoms with Crippen LogP contribution in [0.4, 0.5) is 0 Å². The van der Waals surface area contributed by atoms with Crippen molar-refractivity contribution in [3.05, 3.63) is 22.8 Å². The lowest BCUT2D eigenvalue weighted by atomic mass is 9.94. The minimum absolute atomic E-state index is 0.316. The molecule has 3 rings (SSSR count). The second-order valence-electron chi connectivity index (χ2n) is 5.96. The zero-order valence-electron chi connectivity index (χ0n) is 12.8. The number of aromatic nitrogens is 2. The van der Waals surface area contributed by atoms with Crippen molar-refractivity contribution in [1.29, 1.82) is 0 Å². The molecule has 1 aromatic rings. The minimum Gasteiger partial charge on any atom is -0.370 e. The molecule has 0 amide bonds. The normalized spacial score (nSPS) is 18.9. The van der Waals surface area contributed by atoms with Crippen molar-refractivity contribution in [3.63, 3.8) is 0 Å². The summed E-state index contributed by atoms with van der Waals surface area (Å²) in [6.45, 7) is 6.27. The van der Waals surface area contributed by atoms with Crippen LogP contribution in [0.25, 0.3) is 0 Å². The van der Waals surface area contributed by atoms with Gasteiger partial charge in [0, 0.05) is 38.1 Å². The summed E-state index contributed by atoms with van der Waals surface area (Å²) in [7, 11) is 1.79. The van der Waals surface area contributed by atoms with Gasteiger partial charge in [-0.25, -0.2) is 9.97 Å². The zero-order valence-corrected chi connectivity index (χ0v) is 12.8. The highest BCUT2D eigenvalue weighted by molar-refractivity contribution is 5.34. The third kappa shape index (κ3) is 2.25. The van der Waals surface area contributed by atoms with Crippen LogP contribution in [0.5, 0.6) is 0 Å². The summed E-state index contributed by atoms with van der Waals surface area (Å²) < 4.78 is 5.83. The van der Waals surface area contributed by atoms with E-state index in [1.165, 1.54) is 29.8 Å². The van der Waals surface area contributed by atoms with E-state index >= 15 is 0 Å². The van der Waals surface area contributed by atoms with Crippen molar-refractivity contribution in [2.24, 2.45) is 0 Å². The molecule has 4 heteroatoms. The van der Waals surface area contributed by atoms with Crippen LogP contribution < -0.4 is 5.32 Å². The van der Waals surface area contributed by atoms with Crippen LogP contribution in [-0.4, -0.2) is 23.6 Å². The van der Waals surface area contributed by atoms with Gasteiger partial charge in [-0.05, 0) is 25.7 Å². The molecule has 1 N–H and O–H groups in total. The van der Waals surface area contributed by atoms with Gasteiger partial charge in [-0.1, -0.05) is 13.8 Å². The Balaban J connectivity index is 2.09. The Kier molecular flexibility index (Phi) is 3.78. The number of nitrogens with one attached hydrogen (secondary N) is 1. The molecule has 2 aliphatic rings. The standard InChI is InChI=1S/C16H25N3O/c1-4-16(5-2,20-3)15-18-13-8-9-17-10-12(13)14(19-15)11-6-7-11/h11,17H,4-10H2,1-3H3. The molecule has 4 nitrogen and oxygen atoms in total. The van der Waals surface area contributed by atoms with E-state index in [4.69, 9.17) is 14.7 Å². The molecular formula is C16H25N3O. The highest BCUT2D eigenvalue weighted by atomic mass is 16.5. The van der Waals surface area contributed by atoms with E-state index in [-0.39, 0.29) is 5.60 Å². The summed E-state index contributed by atoms with van der Waals surface area (Å²) >= 11 is 0. The fourth-order valence-electron chi connectivity index (χ4n) is 3.21. The number of ether oxygens (including phenoxy) is 1. The van der Waals surface area contributed by atoms with Crippen molar-refractivity contribution in [3.8, 4) is 0 Å². The highest BCUT2D eigenvalue weighted by Gasteiger charge is 2.36. The second-order valence-corrected chi connectivity index (χ2v) is 5.96. The summed E-state index contributed by atoms with van der Waals surface area (Å²) in [6, 6.07) is 0. The fraction of sp³-hybridized carbons (Fsp3) is 0.750. The van der Waals surface area contributed by atoms with E-state index in [0.717, 1.165) is 38.2 Å². The van der Waals surface area contributed by atoms with Gasteiger partial charge in [0.1, 0.15) is 5.60 Å². The van der Waals surface area contributed by atoms with Gasteiger partial charge in [-0.2, -0.15) is 0 Å². The predicted molar refractivity (Wildman–Crippen MR) is 78.7 cm³/mol. The van der Waals surface area contributed by atoms with Gasteiger partial charge in [0.2, 0.25) is 0 Å². The number of fused-ring (bicyclic) bond motifs is 1. The molecule has 0 spiro atoms. The highest BCUT2D eigenvalue weighted by Crippen LogP contribution is 2.42. The van der Waals surface area contributed by atoms with Crippen LogP contribution in [0.15, 0.2) is 0 Å². The molecule has 0 atom stereocenters. The van der Waals surface area contributed by atoms with Crippen LogP contribution in [0.3, 0.4) is 0 Å². The Labute approximate surface area is 121 Å². The van der Waals surface area contributed by atoms with Gasteiger partial charge in [0.05, 0.1) is 11.4 Å². The van der Waals surface area contributed by atoms with E-state index in [1.807, 2.05) is 0 Å². The summed E-state index contributed by atoms with van der Waals surface area (Å²) in [6.07, 6.45) is 5.41.